The van der Waals surface area contributed by atoms with E-state index in [1.807, 2.05) is 0 Å². The topological polar surface area (TPSA) is 77.2 Å². The third kappa shape index (κ3) is 3.96. The summed E-state index contributed by atoms with van der Waals surface area (Å²) in [4.78, 5) is 16.7. The number of carbonyl (C=O) groups excluding carboxylic acids is 1. The van der Waals surface area contributed by atoms with Crippen LogP contribution in [0.15, 0.2) is 5.38 Å². The van der Waals surface area contributed by atoms with Crippen molar-refractivity contribution in [2.24, 2.45) is 0 Å². The molecule has 0 aliphatic heterocycles. The van der Waals surface area contributed by atoms with Crippen LogP contribution >= 0.6 is 11.3 Å². The molecule has 0 radical (unpaired) electrons. The number of nitriles is 1. The van der Waals surface area contributed by atoms with Crippen molar-refractivity contribution in [3.8, 4) is 6.07 Å². The third-order valence-corrected chi connectivity index (χ3v) is 4.07. The molecule has 0 aromatic carbocycles. The molecule has 22 heavy (non-hydrogen) atoms. The maximum atomic E-state index is 13.3. The number of rotatable bonds is 6. The molecule has 1 amide bonds. The average molecular weight is 335 g/mol. The lowest BCUT2D eigenvalue weighted by atomic mass is 9.98. The molecular weight excluding hydrogens is 319 g/mol. The first kappa shape index (κ1) is 18.4. The predicted octanol–water partition coefficient (Wildman–Crippen LogP) is 2.35. The smallest absolute Gasteiger partial charge is 0.374 e. The molecule has 0 aliphatic rings. The van der Waals surface area contributed by atoms with E-state index in [-0.39, 0.29) is 13.1 Å². The van der Waals surface area contributed by atoms with Crippen LogP contribution in [0.25, 0.3) is 0 Å². The number of aryl methyl sites for hydroxylation is 1. The van der Waals surface area contributed by atoms with Gasteiger partial charge in [-0.05, 0) is 13.3 Å². The zero-order chi connectivity index (χ0) is 17.0. The SMILES string of the molecule is CCCN(CC#N)C(=O)C[C@@](O)(c1nc(C)cs1)C(F)(F)F. The van der Waals surface area contributed by atoms with Crippen LogP contribution in [0.1, 0.15) is 30.5 Å². The van der Waals surface area contributed by atoms with E-state index in [4.69, 9.17) is 5.26 Å². The summed E-state index contributed by atoms with van der Waals surface area (Å²) in [5.41, 5.74) is -3.01. The summed E-state index contributed by atoms with van der Waals surface area (Å²) in [6.45, 7) is 3.06. The highest BCUT2D eigenvalue weighted by Gasteiger charge is 2.58. The molecule has 0 saturated heterocycles. The van der Waals surface area contributed by atoms with Gasteiger partial charge < -0.3 is 10.0 Å². The highest BCUT2D eigenvalue weighted by atomic mass is 32.1. The second-order valence-electron chi connectivity index (χ2n) is 4.80. The Balaban J connectivity index is 3.10. The van der Waals surface area contributed by atoms with Crippen LogP contribution in [-0.4, -0.2) is 40.2 Å². The lowest BCUT2D eigenvalue weighted by molar-refractivity contribution is -0.268. The van der Waals surface area contributed by atoms with Crippen LogP contribution in [0.3, 0.4) is 0 Å². The Bertz CT molecular complexity index is 568. The Labute approximate surface area is 130 Å². The second-order valence-corrected chi connectivity index (χ2v) is 5.66. The highest BCUT2D eigenvalue weighted by Crippen LogP contribution is 2.43. The Morgan fingerprint density at radius 1 is 1.55 bits per heavy atom. The largest absolute Gasteiger partial charge is 0.424 e. The summed E-state index contributed by atoms with van der Waals surface area (Å²) in [5, 5.41) is 19.5. The summed E-state index contributed by atoms with van der Waals surface area (Å²) < 4.78 is 39.8. The van der Waals surface area contributed by atoms with E-state index in [0.29, 0.717) is 23.5 Å². The monoisotopic (exact) mass is 335 g/mol. The molecule has 1 aromatic rings. The maximum absolute atomic E-state index is 13.3. The van der Waals surface area contributed by atoms with Crippen molar-refractivity contribution < 1.29 is 23.1 Å². The Hall–Kier alpha value is -1.66. The van der Waals surface area contributed by atoms with Gasteiger partial charge in [-0.1, -0.05) is 6.92 Å². The standard InChI is InChI=1S/C13H16F3N3O2S/c1-3-5-19(6-4-17)10(20)7-12(21,13(14,15)16)11-18-9(2)8-22-11/h8,21H,3,5-7H2,1-2H3/t12-/m1/s1. The second kappa shape index (κ2) is 7.07. The van der Waals surface area contributed by atoms with Gasteiger partial charge in [0, 0.05) is 17.6 Å². The van der Waals surface area contributed by atoms with Gasteiger partial charge in [0.1, 0.15) is 11.6 Å². The number of thiazole rings is 1. The number of aromatic nitrogens is 1. The third-order valence-electron chi connectivity index (χ3n) is 2.96. The van der Waals surface area contributed by atoms with Crippen molar-refractivity contribution in [1.82, 2.24) is 9.88 Å². The highest BCUT2D eigenvalue weighted by molar-refractivity contribution is 7.09. The minimum absolute atomic E-state index is 0.150. The van der Waals surface area contributed by atoms with Gasteiger partial charge in [-0.3, -0.25) is 4.79 Å². The van der Waals surface area contributed by atoms with E-state index >= 15 is 0 Å². The van der Waals surface area contributed by atoms with Crippen LogP contribution in [0.5, 0.6) is 0 Å². The Morgan fingerprint density at radius 3 is 2.59 bits per heavy atom. The number of hydrogen-bond donors (Lipinski definition) is 1. The molecule has 0 spiro atoms. The average Bonchev–Trinajstić information content (AvgIpc) is 2.84. The summed E-state index contributed by atoms with van der Waals surface area (Å²) >= 11 is 0.647. The molecule has 1 heterocycles. The fourth-order valence-corrected chi connectivity index (χ4v) is 2.73. The van der Waals surface area contributed by atoms with Crippen molar-refractivity contribution in [3.05, 3.63) is 16.1 Å². The predicted molar refractivity (Wildman–Crippen MR) is 73.9 cm³/mol. The number of amides is 1. The summed E-state index contributed by atoms with van der Waals surface area (Å²) in [5.74, 6) is -0.934. The quantitative estimate of drug-likeness (QED) is 0.810. The molecule has 0 unspecified atom stereocenters. The zero-order valence-electron chi connectivity index (χ0n) is 12.1. The van der Waals surface area contributed by atoms with Crippen LogP contribution in [0.2, 0.25) is 0 Å². The van der Waals surface area contributed by atoms with Crippen molar-refractivity contribution in [3.63, 3.8) is 0 Å². The minimum Gasteiger partial charge on any atom is -0.374 e. The molecule has 5 nitrogen and oxygen atoms in total. The van der Waals surface area contributed by atoms with Crippen LogP contribution in [-0.2, 0) is 10.4 Å². The van der Waals surface area contributed by atoms with Crippen LogP contribution < -0.4 is 0 Å². The van der Waals surface area contributed by atoms with E-state index in [9.17, 15) is 23.1 Å². The molecule has 9 heteroatoms. The van der Waals surface area contributed by atoms with E-state index in [1.165, 1.54) is 12.3 Å². The Morgan fingerprint density at radius 2 is 2.18 bits per heavy atom. The number of alkyl halides is 3. The van der Waals surface area contributed by atoms with Gasteiger partial charge >= 0.3 is 6.18 Å². The van der Waals surface area contributed by atoms with Crippen molar-refractivity contribution in [2.45, 2.75) is 38.5 Å². The molecule has 1 rings (SSSR count). The number of halogens is 3. The zero-order valence-corrected chi connectivity index (χ0v) is 13.0. The van der Waals surface area contributed by atoms with Gasteiger partial charge in [-0.15, -0.1) is 11.3 Å². The lowest BCUT2D eigenvalue weighted by Gasteiger charge is -2.30. The van der Waals surface area contributed by atoms with E-state index in [0.717, 1.165) is 4.90 Å². The van der Waals surface area contributed by atoms with Gasteiger partial charge in [-0.25, -0.2) is 4.98 Å². The van der Waals surface area contributed by atoms with Crippen molar-refractivity contribution >= 4 is 17.2 Å². The number of nitrogens with zero attached hydrogens (tertiary/aromatic N) is 3. The summed E-state index contributed by atoms with van der Waals surface area (Å²) in [6, 6.07) is 1.73. The summed E-state index contributed by atoms with van der Waals surface area (Å²) in [6.07, 6.45) is -5.74. The fourth-order valence-electron chi connectivity index (χ4n) is 1.82. The first-order valence-corrected chi connectivity index (χ1v) is 7.40. The van der Waals surface area contributed by atoms with E-state index in [1.54, 1.807) is 13.0 Å². The normalized spacial score (nSPS) is 14.2. The lowest BCUT2D eigenvalue weighted by Crippen LogP contribution is -2.47. The van der Waals surface area contributed by atoms with E-state index < -0.39 is 29.1 Å². The summed E-state index contributed by atoms with van der Waals surface area (Å²) in [7, 11) is 0. The van der Waals surface area contributed by atoms with E-state index in [2.05, 4.69) is 4.98 Å². The first-order valence-electron chi connectivity index (χ1n) is 6.52. The molecule has 0 aliphatic carbocycles. The molecular formula is C13H16F3N3O2S. The molecule has 122 valence electrons. The first-order chi connectivity index (χ1) is 10.2. The van der Waals surface area contributed by atoms with Gasteiger partial charge in [-0.2, -0.15) is 18.4 Å². The number of hydrogen-bond acceptors (Lipinski definition) is 5. The van der Waals surface area contributed by atoms with Crippen molar-refractivity contribution in [1.29, 1.82) is 5.26 Å². The maximum Gasteiger partial charge on any atom is 0.424 e. The molecule has 1 aromatic heterocycles. The molecule has 1 atom stereocenters. The number of carbonyl (C=O) groups is 1. The molecule has 0 bridgehead atoms. The molecule has 0 saturated carbocycles. The van der Waals surface area contributed by atoms with Gasteiger partial charge in [0.05, 0.1) is 12.5 Å². The van der Waals surface area contributed by atoms with Gasteiger partial charge in [0.15, 0.2) is 0 Å². The fraction of sp³-hybridized carbons (Fsp3) is 0.615. The van der Waals surface area contributed by atoms with Gasteiger partial charge in [0.2, 0.25) is 11.5 Å². The molecule has 1 N–H and O–H groups in total. The minimum atomic E-state index is -5.04. The van der Waals surface area contributed by atoms with Gasteiger partial charge in [0.25, 0.3) is 0 Å². The molecule has 0 fully saturated rings. The van der Waals surface area contributed by atoms with Crippen molar-refractivity contribution in [2.75, 3.05) is 13.1 Å². The Kier molecular flexibility index (Phi) is 5.91. The van der Waals surface area contributed by atoms with Crippen LogP contribution in [0, 0.1) is 18.3 Å². The van der Waals surface area contributed by atoms with Crippen LogP contribution in [0.4, 0.5) is 13.2 Å². The number of aliphatic hydroxyl groups is 1.